The Balaban J connectivity index is 1.40. The van der Waals surface area contributed by atoms with Crippen molar-refractivity contribution in [2.45, 2.75) is 0 Å². The van der Waals surface area contributed by atoms with Crippen LogP contribution in [0, 0.1) is 0 Å². The number of rotatable bonds is 5. The highest BCUT2D eigenvalue weighted by atomic mass is 32.1. The number of hydrogen-bond acceptors (Lipinski definition) is 7. The molecule has 1 fully saturated rings. The van der Waals surface area contributed by atoms with E-state index in [1.54, 1.807) is 17.5 Å². The highest BCUT2D eigenvalue weighted by Crippen LogP contribution is 2.33. The second-order valence-corrected chi connectivity index (χ2v) is 8.10. The largest absolute Gasteiger partial charge is 0.353 e. The number of hydrogen-bond donors (Lipinski definition) is 1. The normalized spacial score (nSPS) is 16.2. The molecule has 0 atom stereocenters. The lowest BCUT2D eigenvalue weighted by molar-refractivity contribution is 0.158. The minimum Gasteiger partial charge on any atom is -0.353 e. The van der Waals surface area contributed by atoms with Crippen molar-refractivity contribution in [3.8, 4) is 11.4 Å². The molecule has 0 radical (unpaired) electrons. The van der Waals surface area contributed by atoms with Crippen molar-refractivity contribution >= 4 is 33.0 Å². The number of thiophene rings is 1. The second kappa shape index (κ2) is 7.46. The third-order valence-electron chi connectivity index (χ3n) is 5.28. The molecule has 28 heavy (non-hydrogen) atoms. The van der Waals surface area contributed by atoms with E-state index in [0.29, 0.717) is 5.95 Å². The molecule has 0 spiro atoms. The zero-order valence-corrected chi connectivity index (χ0v) is 16.7. The van der Waals surface area contributed by atoms with Gasteiger partial charge in [-0.15, -0.1) is 11.3 Å². The number of likely N-dealkylation sites (N-methyl/N-ethyl adjacent to an activating group) is 1. The van der Waals surface area contributed by atoms with Crippen LogP contribution in [0.2, 0.25) is 0 Å². The maximum atomic E-state index is 4.82. The molecular formula is C20H23N7S. The van der Waals surface area contributed by atoms with Crippen LogP contribution < -0.4 is 5.32 Å². The molecule has 1 aliphatic heterocycles. The molecule has 0 saturated carbocycles. The van der Waals surface area contributed by atoms with Crippen LogP contribution in [0.4, 0.5) is 5.95 Å². The number of nitrogens with one attached hydrogen (secondary N) is 1. The van der Waals surface area contributed by atoms with Gasteiger partial charge in [0.15, 0.2) is 11.5 Å². The predicted octanol–water partition coefficient (Wildman–Crippen LogP) is 2.67. The fourth-order valence-electron chi connectivity index (χ4n) is 3.63. The van der Waals surface area contributed by atoms with Crippen LogP contribution in [-0.2, 0) is 0 Å². The quantitative estimate of drug-likeness (QED) is 0.563. The van der Waals surface area contributed by atoms with E-state index in [1.807, 2.05) is 10.6 Å². The monoisotopic (exact) mass is 393 g/mol. The highest BCUT2D eigenvalue weighted by molar-refractivity contribution is 7.17. The molecular weight excluding hydrogens is 370 g/mol. The number of nitrogens with zero attached hydrogens (tertiary/aromatic N) is 6. The van der Waals surface area contributed by atoms with Crippen LogP contribution in [0.1, 0.15) is 0 Å². The highest BCUT2D eigenvalue weighted by Gasteiger charge is 2.16. The minimum absolute atomic E-state index is 0.660. The Morgan fingerprint density at radius 1 is 1.07 bits per heavy atom. The van der Waals surface area contributed by atoms with Gasteiger partial charge in [-0.05, 0) is 13.1 Å². The first-order valence-corrected chi connectivity index (χ1v) is 10.5. The average molecular weight is 394 g/mol. The number of aromatic nitrogens is 4. The lowest BCUT2D eigenvalue weighted by Gasteiger charge is -2.32. The minimum atomic E-state index is 0.660. The van der Waals surface area contributed by atoms with Gasteiger partial charge < -0.3 is 10.2 Å². The maximum Gasteiger partial charge on any atom is 0.226 e. The van der Waals surface area contributed by atoms with Crippen molar-refractivity contribution in [3.05, 3.63) is 41.9 Å². The molecule has 0 unspecified atom stereocenters. The number of piperazine rings is 1. The average Bonchev–Trinajstić information content (AvgIpc) is 3.36. The van der Waals surface area contributed by atoms with Crippen LogP contribution in [0.25, 0.3) is 27.1 Å². The molecule has 4 aromatic rings. The van der Waals surface area contributed by atoms with Crippen LogP contribution in [0.5, 0.6) is 0 Å². The van der Waals surface area contributed by atoms with Gasteiger partial charge >= 0.3 is 0 Å². The summed E-state index contributed by atoms with van der Waals surface area (Å²) in [7, 11) is 2.18. The Morgan fingerprint density at radius 3 is 2.82 bits per heavy atom. The third-order valence-corrected chi connectivity index (χ3v) is 6.25. The summed E-state index contributed by atoms with van der Waals surface area (Å²) in [5.41, 5.74) is 1.90. The van der Waals surface area contributed by atoms with Gasteiger partial charge in [0.05, 0.1) is 6.20 Å². The first kappa shape index (κ1) is 17.5. The first-order chi connectivity index (χ1) is 13.8. The molecule has 1 aromatic carbocycles. The molecule has 1 saturated heterocycles. The second-order valence-electron chi connectivity index (χ2n) is 7.19. The smallest absolute Gasteiger partial charge is 0.226 e. The number of anilines is 1. The fraction of sp³-hybridized carbons (Fsp3) is 0.350. The van der Waals surface area contributed by atoms with Gasteiger partial charge in [0, 0.05) is 66.4 Å². The van der Waals surface area contributed by atoms with Gasteiger partial charge in [-0.2, -0.15) is 19.6 Å². The molecule has 0 bridgehead atoms. The van der Waals surface area contributed by atoms with Crippen molar-refractivity contribution in [2.24, 2.45) is 0 Å². The summed E-state index contributed by atoms with van der Waals surface area (Å²) in [6, 6.07) is 10.3. The van der Waals surface area contributed by atoms with Crippen molar-refractivity contribution in [1.29, 1.82) is 0 Å². The van der Waals surface area contributed by atoms with Crippen molar-refractivity contribution in [3.63, 3.8) is 0 Å². The van der Waals surface area contributed by atoms with Gasteiger partial charge in [-0.1, -0.05) is 18.2 Å². The summed E-state index contributed by atoms with van der Waals surface area (Å²) < 4.78 is 3.07. The van der Waals surface area contributed by atoms with E-state index in [9.17, 15) is 0 Å². The van der Waals surface area contributed by atoms with Crippen LogP contribution in [-0.4, -0.2) is 75.7 Å². The summed E-state index contributed by atoms with van der Waals surface area (Å²) >= 11 is 1.73. The fourth-order valence-corrected chi connectivity index (χ4v) is 4.57. The SMILES string of the molecule is CN1CCN(CCNc2nc(-c3csc4ccccc34)n3nccc3n2)CC1. The molecule has 3 aromatic heterocycles. The van der Waals surface area contributed by atoms with E-state index in [1.165, 1.54) is 10.1 Å². The molecule has 1 N–H and O–H groups in total. The molecule has 144 valence electrons. The topological polar surface area (TPSA) is 61.6 Å². The molecule has 4 heterocycles. The lowest BCUT2D eigenvalue weighted by atomic mass is 10.1. The molecule has 0 amide bonds. The first-order valence-electron chi connectivity index (χ1n) is 9.61. The number of fused-ring (bicyclic) bond motifs is 2. The predicted molar refractivity (Wildman–Crippen MR) is 114 cm³/mol. The summed E-state index contributed by atoms with van der Waals surface area (Å²) in [4.78, 5) is 14.3. The molecule has 1 aliphatic rings. The molecule has 7 nitrogen and oxygen atoms in total. The van der Waals surface area contributed by atoms with Gasteiger partial charge in [0.1, 0.15) is 0 Å². The zero-order valence-electron chi connectivity index (χ0n) is 15.9. The van der Waals surface area contributed by atoms with E-state index >= 15 is 0 Å². The Bertz CT molecular complexity index is 1090. The standard InChI is InChI=1S/C20H23N7S/c1-25-10-12-26(13-11-25)9-8-21-20-23-18-6-7-22-27(18)19(24-20)16-14-28-17-5-3-2-4-15(16)17/h2-7,14H,8-13H2,1H3,(H,21,23). The summed E-state index contributed by atoms with van der Waals surface area (Å²) in [6.07, 6.45) is 1.77. The van der Waals surface area contributed by atoms with Gasteiger partial charge in [-0.3, -0.25) is 4.90 Å². The summed E-state index contributed by atoms with van der Waals surface area (Å²) in [5.74, 6) is 1.49. The van der Waals surface area contributed by atoms with E-state index in [2.05, 4.69) is 61.9 Å². The van der Waals surface area contributed by atoms with Crippen molar-refractivity contribution in [1.82, 2.24) is 29.4 Å². The van der Waals surface area contributed by atoms with E-state index in [4.69, 9.17) is 4.98 Å². The molecule has 0 aliphatic carbocycles. The van der Waals surface area contributed by atoms with Gasteiger partial charge in [-0.25, -0.2) is 0 Å². The summed E-state index contributed by atoms with van der Waals surface area (Å²) in [6.45, 7) is 6.33. The van der Waals surface area contributed by atoms with E-state index < -0.39 is 0 Å². The Morgan fingerprint density at radius 2 is 1.93 bits per heavy atom. The molecule has 8 heteroatoms. The third kappa shape index (κ3) is 3.34. The Labute approximate surface area is 167 Å². The Kier molecular flexibility index (Phi) is 4.67. The van der Waals surface area contributed by atoms with E-state index in [0.717, 1.165) is 56.3 Å². The van der Waals surface area contributed by atoms with E-state index in [-0.39, 0.29) is 0 Å². The molecule has 5 rings (SSSR count). The van der Waals surface area contributed by atoms with Gasteiger partial charge in [0.2, 0.25) is 5.95 Å². The van der Waals surface area contributed by atoms with Crippen molar-refractivity contribution in [2.75, 3.05) is 51.6 Å². The van der Waals surface area contributed by atoms with Gasteiger partial charge in [0.25, 0.3) is 0 Å². The van der Waals surface area contributed by atoms with Crippen LogP contribution in [0.15, 0.2) is 41.9 Å². The lowest BCUT2D eigenvalue weighted by Crippen LogP contribution is -2.45. The van der Waals surface area contributed by atoms with Crippen molar-refractivity contribution < 1.29 is 0 Å². The number of benzene rings is 1. The maximum absolute atomic E-state index is 4.82. The van der Waals surface area contributed by atoms with Crippen LogP contribution in [0.3, 0.4) is 0 Å². The Hall–Kier alpha value is -2.55. The zero-order chi connectivity index (χ0) is 18.9. The summed E-state index contributed by atoms with van der Waals surface area (Å²) in [5, 5.41) is 11.2. The van der Waals surface area contributed by atoms with Crippen LogP contribution >= 0.6 is 11.3 Å².